The molecule has 1 aliphatic rings. The number of carbonyl (C=O) groups is 1. The van der Waals surface area contributed by atoms with Crippen molar-refractivity contribution >= 4 is 49.0 Å². The molecule has 1 aliphatic carbocycles. The van der Waals surface area contributed by atoms with E-state index < -0.39 is 0 Å². The van der Waals surface area contributed by atoms with Gasteiger partial charge >= 0.3 is 0 Å². The summed E-state index contributed by atoms with van der Waals surface area (Å²) >= 11 is 8.50. The molecule has 0 radical (unpaired) electrons. The van der Waals surface area contributed by atoms with Crippen LogP contribution in [-0.2, 0) is 0 Å². The molecule has 0 aromatic carbocycles. The zero-order chi connectivity index (χ0) is 11.8. The minimum Gasteiger partial charge on any atom is -0.293 e. The van der Waals surface area contributed by atoms with E-state index in [1.807, 2.05) is 6.07 Å². The van der Waals surface area contributed by atoms with Gasteiger partial charge in [0.15, 0.2) is 5.78 Å². The van der Waals surface area contributed by atoms with Gasteiger partial charge in [-0.1, -0.05) is 19.8 Å². The minimum atomic E-state index is -0.0803. The Labute approximate surface area is 117 Å². The van der Waals surface area contributed by atoms with E-state index in [1.54, 1.807) is 11.3 Å². The van der Waals surface area contributed by atoms with Crippen molar-refractivity contribution < 1.29 is 4.79 Å². The van der Waals surface area contributed by atoms with Crippen LogP contribution in [0.3, 0.4) is 0 Å². The Balaban J connectivity index is 2.33. The normalized spacial score (nSPS) is 18.9. The summed E-state index contributed by atoms with van der Waals surface area (Å²) < 4.78 is 1.98. The van der Waals surface area contributed by atoms with Crippen molar-refractivity contribution in [3.8, 4) is 0 Å². The number of hydrogen-bond acceptors (Lipinski definition) is 2. The van der Waals surface area contributed by atoms with E-state index in [-0.39, 0.29) is 5.41 Å². The molecule has 1 heterocycles. The summed E-state index contributed by atoms with van der Waals surface area (Å²) in [6.07, 6.45) is 5.47. The lowest BCUT2D eigenvalue weighted by Gasteiger charge is -2.25. The number of ketones is 1. The van der Waals surface area contributed by atoms with Gasteiger partial charge in [0, 0.05) is 11.0 Å². The highest BCUT2D eigenvalue weighted by molar-refractivity contribution is 9.12. The van der Waals surface area contributed by atoms with Gasteiger partial charge in [0.2, 0.25) is 0 Å². The number of carbonyl (C=O) groups excluding carboxylic acids is 1. The first-order chi connectivity index (χ1) is 7.59. The summed E-state index contributed by atoms with van der Waals surface area (Å²) in [6, 6.07) is 1.95. The molecular formula is C12H14Br2OS. The third kappa shape index (κ3) is 2.16. The van der Waals surface area contributed by atoms with Gasteiger partial charge in [0.25, 0.3) is 0 Å². The molecule has 88 valence electrons. The van der Waals surface area contributed by atoms with Crippen LogP contribution >= 0.6 is 43.2 Å². The molecule has 1 aromatic heterocycles. The molecule has 1 nitrogen and oxygen atoms in total. The van der Waals surface area contributed by atoms with Crippen LogP contribution in [0.2, 0.25) is 0 Å². The summed E-state index contributed by atoms with van der Waals surface area (Å²) in [4.78, 5) is 12.6. The fourth-order valence-electron chi connectivity index (χ4n) is 2.57. The maximum absolute atomic E-state index is 12.6. The Morgan fingerprint density at radius 3 is 2.50 bits per heavy atom. The van der Waals surface area contributed by atoms with Crippen LogP contribution in [0.15, 0.2) is 13.6 Å². The fourth-order valence-corrected chi connectivity index (χ4v) is 5.37. The van der Waals surface area contributed by atoms with Crippen molar-refractivity contribution in [1.82, 2.24) is 0 Å². The second kappa shape index (κ2) is 4.91. The van der Waals surface area contributed by atoms with Gasteiger partial charge in [-0.25, -0.2) is 0 Å². The van der Waals surface area contributed by atoms with Gasteiger partial charge in [-0.15, -0.1) is 11.3 Å². The van der Waals surface area contributed by atoms with Crippen molar-refractivity contribution in [2.45, 2.75) is 39.0 Å². The quantitative estimate of drug-likeness (QED) is 0.653. The van der Waals surface area contributed by atoms with E-state index in [0.717, 1.165) is 32.4 Å². The van der Waals surface area contributed by atoms with Gasteiger partial charge in [0.05, 0.1) is 7.57 Å². The third-order valence-corrected chi connectivity index (χ3v) is 5.96. The standard InChI is InChI=1S/C12H14Br2OS/c1-2-12(5-3-4-6-12)10(15)8-7-9(13)16-11(8)14/h7H,2-6H2,1H3. The molecule has 4 heteroatoms. The van der Waals surface area contributed by atoms with E-state index >= 15 is 0 Å². The average molecular weight is 366 g/mol. The maximum Gasteiger partial charge on any atom is 0.171 e. The highest BCUT2D eigenvalue weighted by Crippen LogP contribution is 2.46. The average Bonchev–Trinajstić information content (AvgIpc) is 2.85. The molecule has 16 heavy (non-hydrogen) atoms. The second-order valence-corrected chi connectivity index (χ2v) is 8.16. The van der Waals surface area contributed by atoms with Crippen molar-refractivity contribution in [2.24, 2.45) is 5.41 Å². The second-order valence-electron chi connectivity index (χ2n) is 4.41. The van der Waals surface area contributed by atoms with Gasteiger partial charge in [0.1, 0.15) is 0 Å². The first-order valence-electron chi connectivity index (χ1n) is 5.59. The van der Waals surface area contributed by atoms with Gasteiger partial charge in [-0.05, 0) is 57.2 Å². The van der Waals surface area contributed by atoms with Crippen LogP contribution in [0.5, 0.6) is 0 Å². The van der Waals surface area contributed by atoms with E-state index in [4.69, 9.17) is 0 Å². The van der Waals surface area contributed by atoms with Crippen molar-refractivity contribution in [3.05, 3.63) is 19.2 Å². The number of thiophene rings is 1. The van der Waals surface area contributed by atoms with E-state index in [2.05, 4.69) is 38.8 Å². The first-order valence-corrected chi connectivity index (χ1v) is 7.99. The molecule has 0 amide bonds. The molecule has 0 aliphatic heterocycles. The summed E-state index contributed by atoms with van der Waals surface area (Å²) in [5, 5.41) is 0. The highest BCUT2D eigenvalue weighted by atomic mass is 79.9. The Kier molecular flexibility index (Phi) is 3.92. The topological polar surface area (TPSA) is 17.1 Å². The van der Waals surface area contributed by atoms with Gasteiger partial charge in [-0.3, -0.25) is 4.79 Å². The minimum absolute atomic E-state index is 0.0803. The Hall–Kier alpha value is 0.330. The molecule has 0 N–H and O–H groups in total. The lowest BCUT2D eigenvalue weighted by atomic mass is 9.77. The number of hydrogen-bond donors (Lipinski definition) is 0. The Morgan fingerprint density at radius 2 is 2.06 bits per heavy atom. The van der Waals surface area contributed by atoms with Gasteiger partial charge in [-0.2, -0.15) is 0 Å². The summed E-state index contributed by atoms with van der Waals surface area (Å²) in [7, 11) is 0. The van der Waals surface area contributed by atoms with Crippen molar-refractivity contribution in [2.75, 3.05) is 0 Å². The number of Topliss-reactive ketones (excluding diaryl/α,β-unsaturated/α-hetero) is 1. The summed E-state index contributed by atoms with van der Waals surface area (Å²) in [5.41, 5.74) is 0.781. The lowest BCUT2D eigenvalue weighted by molar-refractivity contribution is 0.0791. The molecule has 0 spiro atoms. The molecule has 1 saturated carbocycles. The van der Waals surface area contributed by atoms with E-state index in [9.17, 15) is 4.79 Å². The number of rotatable bonds is 3. The van der Waals surface area contributed by atoms with Crippen LogP contribution in [0.25, 0.3) is 0 Å². The Bertz CT molecular complexity index is 405. The predicted octanol–water partition coefficient (Wildman–Crippen LogP) is 5.43. The largest absolute Gasteiger partial charge is 0.293 e. The predicted molar refractivity (Wildman–Crippen MR) is 75.2 cm³/mol. The first kappa shape index (κ1) is 12.8. The summed E-state index contributed by atoms with van der Waals surface area (Å²) in [5.74, 6) is 0.335. The molecular weight excluding hydrogens is 352 g/mol. The van der Waals surface area contributed by atoms with E-state index in [1.165, 1.54) is 12.8 Å². The molecule has 0 saturated heterocycles. The van der Waals surface area contributed by atoms with E-state index in [0.29, 0.717) is 5.78 Å². The molecule has 1 fully saturated rings. The van der Waals surface area contributed by atoms with Crippen molar-refractivity contribution in [3.63, 3.8) is 0 Å². The van der Waals surface area contributed by atoms with Crippen LogP contribution < -0.4 is 0 Å². The molecule has 1 aromatic rings. The van der Waals surface area contributed by atoms with Crippen LogP contribution in [0.4, 0.5) is 0 Å². The fraction of sp³-hybridized carbons (Fsp3) is 0.583. The molecule has 0 unspecified atom stereocenters. The zero-order valence-electron chi connectivity index (χ0n) is 9.19. The van der Waals surface area contributed by atoms with Gasteiger partial charge < -0.3 is 0 Å². The smallest absolute Gasteiger partial charge is 0.171 e. The third-order valence-electron chi connectivity index (χ3n) is 3.62. The Morgan fingerprint density at radius 1 is 1.44 bits per heavy atom. The van der Waals surface area contributed by atoms with Crippen LogP contribution in [0, 0.1) is 5.41 Å². The SMILES string of the molecule is CCC1(C(=O)c2cc(Br)sc2Br)CCCC1. The van der Waals surface area contributed by atoms with Crippen molar-refractivity contribution in [1.29, 1.82) is 0 Å². The molecule has 0 bridgehead atoms. The molecule has 0 atom stereocenters. The maximum atomic E-state index is 12.6. The monoisotopic (exact) mass is 364 g/mol. The summed E-state index contributed by atoms with van der Waals surface area (Å²) in [6.45, 7) is 2.14. The highest BCUT2D eigenvalue weighted by Gasteiger charge is 2.40. The lowest BCUT2D eigenvalue weighted by Crippen LogP contribution is -2.27. The number of halogens is 2. The van der Waals surface area contributed by atoms with Crippen LogP contribution in [0.1, 0.15) is 49.4 Å². The zero-order valence-corrected chi connectivity index (χ0v) is 13.2. The molecule has 2 rings (SSSR count). The van der Waals surface area contributed by atoms with Crippen LogP contribution in [-0.4, -0.2) is 5.78 Å².